The van der Waals surface area contributed by atoms with Crippen LogP contribution in [0.15, 0.2) is 24.3 Å². The van der Waals surface area contributed by atoms with Gasteiger partial charge in [0.2, 0.25) is 5.91 Å². The second kappa shape index (κ2) is 8.44. The third kappa shape index (κ3) is 6.31. The first-order valence-corrected chi connectivity index (χ1v) is 7.76. The highest BCUT2D eigenvalue weighted by Crippen LogP contribution is 2.15. The maximum Gasteiger partial charge on any atom is 0.230 e. The highest BCUT2D eigenvalue weighted by atomic mass is 35.5. The number of rotatable bonds is 7. The Hall–Kier alpha value is -0.670. The molecule has 1 aromatic carbocycles. The van der Waals surface area contributed by atoms with Crippen molar-refractivity contribution in [3.8, 4) is 0 Å². The van der Waals surface area contributed by atoms with E-state index in [9.17, 15) is 4.79 Å². The van der Waals surface area contributed by atoms with Crippen molar-refractivity contribution in [3.05, 3.63) is 34.9 Å². The SMILES string of the molecule is CCC[C@@H](C)NC(=O)CSCc1ccc(Cl)cc1. The Balaban J connectivity index is 2.21. The van der Waals surface area contributed by atoms with Crippen molar-refractivity contribution in [1.82, 2.24) is 5.32 Å². The zero-order valence-corrected chi connectivity index (χ0v) is 12.5. The van der Waals surface area contributed by atoms with Gasteiger partial charge in [0.15, 0.2) is 0 Å². The number of hydrogen-bond donors (Lipinski definition) is 1. The van der Waals surface area contributed by atoms with Crippen LogP contribution in [0.5, 0.6) is 0 Å². The molecular formula is C14H20ClNOS. The molecule has 0 aliphatic heterocycles. The summed E-state index contributed by atoms with van der Waals surface area (Å²) in [5.74, 6) is 1.47. The Labute approximate surface area is 118 Å². The van der Waals surface area contributed by atoms with E-state index >= 15 is 0 Å². The summed E-state index contributed by atoms with van der Waals surface area (Å²) in [4.78, 5) is 11.6. The highest BCUT2D eigenvalue weighted by molar-refractivity contribution is 7.99. The van der Waals surface area contributed by atoms with E-state index in [1.807, 2.05) is 31.2 Å². The summed E-state index contributed by atoms with van der Waals surface area (Å²) in [6.45, 7) is 4.17. The smallest absolute Gasteiger partial charge is 0.230 e. The molecule has 0 aliphatic carbocycles. The fourth-order valence-corrected chi connectivity index (χ4v) is 2.59. The molecule has 100 valence electrons. The Morgan fingerprint density at radius 2 is 2.06 bits per heavy atom. The fourth-order valence-electron chi connectivity index (χ4n) is 1.66. The zero-order valence-electron chi connectivity index (χ0n) is 10.9. The van der Waals surface area contributed by atoms with Gasteiger partial charge in [0.1, 0.15) is 0 Å². The molecule has 0 fully saturated rings. The number of hydrogen-bond acceptors (Lipinski definition) is 2. The molecule has 1 amide bonds. The summed E-state index contributed by atoms with van der Waals surface area (Å²) in [7, 11) is 0. The van der Waals surface area contributed by atoms with E-state index in [4.69, 9.17) is 11.6 Å². The van der Waals surface area contributed by atoms with E-state index in [-0.39, 0.29) is 11.9 Å². The summed E-state index contributed by atoms with van der Waals surface area (Å²) in [6, 6.07) is 8.01. The predicted molar refractivity (Wildman–Crippen MR) is 80.1 cm³/mol. The van der Waals surface area contributed by atoms with Crippen molar-refractivity contribution in [1.29, 1.82) is 0 Å². The molecule has 1 N–H and O–H groups in total. The Morgan fingerprint density at radius 1 is 1.39 bits per heavy atom. The van der Waals surface area contributed by atoms with Crippen LogP contribution in [0.3, 0.4) is 0 Å². The molecule has 0 heterocycles. The Morgan fingerprint density at radius 3 is 2.67 bits per heavy atom. The van der Waals surface area contributed by atoms with Gasteiger partial charge in [-0.2, -0.15) is 0 Å². The quantitative estimate of drug-likeness (QED) is 0.824. The lowest BCUT2D eigenvalue weighted by molar-refractivity contribution is -0.119. The summed E-state index contributed by atoms with van der Waals surface area (Å²) >= 11 is 7.44. The van der Waals surface area contributed by atoms with Crippen LogP contribution in [0, 0.1) is 0 Å². The van der Waals surface area contributed by atoms with Crippen molar-refractivity contribution in [2.75, 3.05) is 5.75 Å². The second-order valence-electron chi connectivity index (χ2n) is 4.38. The van der Waals surface area contributed by atoms with Gasteiger partial charge in [0.05, 0.1) is 5.75 Å². The van der Waals surface area contributed by atoms with Crippen molar-refractivity contribution in [3.63, 3.8) is 0 Å². The average Bonchev–Trinajstić information content (AvgIpc) is 2.32. The molecule has 2 nitrogen and oxygen atoms in total. The largest absolute Gasteiger partial charge is 0.353 e. The van der Waals surface area contributed by atoms with Crippen molar-refractivity contribution >= 4 is 29.3 Å². The van der Waals surface area contributed by atoms with Gasteiger partial charge < -0.3 is 5.32 Å². The molecular weight excluding hydrogens is 266 g/mol. The van der Waals surface area contributed by atoms with Crippen LogP contribution < -0.4 is 5.32 Å². The standard InChI is InChI=1S/C14H20ClNOS/c1-3-4-11(2)16-14(17)10-18-9-12-5-7-13(15)8-6-12/h5-8,11H,3-4,9-10H2,1-2H3,(H,16,17)/t11-/m1/s1. The van der Waals surface area contributed by atoms with Gasteiger partial charge in [-0.05, 0) is 31.0 Å². The first-order valence-electron chi connectivity index (χ1n) is 6.23. The fraction of sp³-hybridized carbons (Fsp3) is 0.500. The molecule has 0 radical (unpaired) electrons. The van der Waals surface area contributed by atoms with Gasteiger partial charge in [0.25, 0.3) is 0 Å². The van der Waals surface area contributed by atoms with Gasteiger partial charge in [-0.25, -0.2) is 0 Å². The molecule has 0 spiro atoms. The predicted octanol–water partition coefficient (Wildman–Crippen LogP) is 3.88. The second-order valence-corrected chi connectivity index (χ2v) is 5.80. The molecule has 4 heteroatoms. The van der Waals surface area contributed by atoms with Gasteiger partial charge in [-0.1, -0.05) is 37.1 Å². The van der Waals surface area contributed by atoms with Gasteiger partial charge in [-0.3, -0.25) is 4.79 Å². The monoisotopic (exact) mass is 285 g/mol. The molecule has 0 aromatic heterocycles. The number of halogens is 1. The van der Waals surface area contributed by atoms with E-state index in [1.165, 1.54) is 5.56 Å². The average molecular weight is 286 g/mol. The minimum atomic E-state index is 0.120. The van der Waals surface area contributed by atoms with E-state index in [1.54, 1.807) is 11.8 Å². The number of carbonyl (C=O) groups is 1. The Kier molecular flexibility index (Phi) is 7.21. The Bertz CT molecular complexity index is 367. The van der Waals surface area contributed by atoms with Crippen molar-refractivity contribution < 1.29 is 4.79 Å². The van der Waals surface area contributed by atoms with Gasteiger partial charge >= 0.3 is 0 Å². The molecule has 18 heavy (non-hydrogen) atoms. The molecule has 0 saturated carbocycles. The lowest BCUT2D eigenvalue weighted by Crippen LogP contribution is -2.33. The van der Waals surface area contributed by atoms with Crippen LogP contribution in [-0.2, 0) is 10.5 Å². The van der Waals surface area contributed by atoms with Crippen molar-refractivity contribution in [2.45, 2.75) is 38.5 Å². The van der Waals surface area contributed by atoms with Gasteiger partial charge in [-0.15, -0.1) is 11.8 Å². The van der Waals surface area contributed by atoms with E-state index in [2.05, 4.69) is 12.2 Å². The molecule has 1 atom stereocenters. The first-order chi connectivity index (χ1) is 8.61. The van der Waals surface area contributed by atoms with Crippen molar-refractivity contribution in [2.24, 2.45) is 0 Å². The van der Waals surface area contributed by atoms with E-state index in [0.29, 0.717) is 5.75 Å². The number of benzene rings is 1. The number of carbonyl (C=O) groups excluding carboxylic acids is 1. The molecule has 0 aliphatic rings. The molecule has 1 rings (SSSR count). The molecule has 0 unspecified atom stereocenters. The lowest BCUT2D eigenvalue weighted by atomic mass is 10.2. The molecule has 1 aromatic rings. The van der Waals surface area contributed by atoms with Crippen LogP contribution in [0.2, 0.25) is 5.02 Å². The summed E-state index contributed by atoms with van der Waals surface area (Å²) < 4.78 is 0. The summed E-state index contributed by atoms with van der Waals surface area (Å²) in [5.41, 5.74) is 1.19. The van der Waals surface area contributed by atoms with Crippen LogP contribution in [0.1, 0.15) is 32.3 Å². The highest BCUT2D eigenvalue weighted by Gasteiger charge is 2.06. The number of thioether (sulfide) groups is 1. The summed E-state index contributed by atoms with van der Waals surface area (Å²) in [6.07, 6.45) is 2.13. The van der Waals surface area contributed by atoms with Crippen LogP contribution in [0.25, 0.3) is 0 Å². The lowest BCUT2D eigenvalue weighted by Gasteiger charge is -2.12. The maximum atomic E-state index is 11.6. The van der Waals surface area contributed by atoms with Crippen LogP contribution >= 0.6 is 23.4 Å². The van der Waals surface area contributed by atoms with E-state index in [0.717, 1.165) is 23.6 Å². The third-order valence-corrected chi connectivity index (χ3v) is 3.80. The minimum Gasteiger partial charge on any atom is -0.353 e. The molecule has 0 saturated heterocycles. The van der Waals surface area contributed by atoms with E-state index < -0.39 is 0 Å². The third-order valence-electron chi connectivity index (χ3n) is 2.54. The topological polar surface area (TPSA) is 29.1 Å². The molecule has 0 bridgehead atoms. The first kappa shape index (κ1) is 15.4. The van der Waals surface area contributed by atoms with Crippen LogP contribution in [0.4, 0.5) is 0 Å². The maximum absolute atomic E-state index is 11.6. The van der Waals surface area contributed by atoms with Gasteiger partial charge in [0, 0.05) is 16.8 Å². The normalized spacial score (nSPS) is 12.2. The minimum absolute atomic E-state index is 0.120. The number of amides is 1. The van der Waals surface area contributed by atoms with Crippen LogP contribution in [-0.4, -0.2) is 17.7 Å². The number of nitrogens with one attached hydrogen (secondary N) is 1. The zero-order chi connectivity index (χ0) is 13.4. The summed E-state index contributed by atoms with van der Waals surface area (Å²) in [5, 5.41) is 3.74.